The van der Waals surface area contributed by atoms with Crippen LogP contribution in [0.3, 0.4) is 0 Å². The van der Waals surface area contributed by atoms with E-state index in [1.54, 1.807) is 12.1 Å². The molecule has 7 heteroatoms. The highest BCUT2D eigenvalue weighted by atomic mass is 32.2. The number of carbonyl (C=O) groups is 1. The maximum atomic E-state index is 13.3. The Bertz CT molecular complexity index is 923. The van der Waals surface area contributed by atoms with Crippen LogP contribution in [0.2, 0.25) is 0 Å². The average molecular weight is 382 g/mol. The van der Waals surface area contributed by atoms with Gasteiger partial charge in [0.15, 0.2) is 11.0 Å². The average Bonchev–Trinajstić information content (AvgIpc) is 3.41. The van der Waals surface area contributed by atoms with E-state index < -0.39 is 0 Å². The molecule has 4 rings (SSSR count). The Morgan fingerprint density at radius 2 is 1.85 bits per heavy atom. The molecule has 1 aliphatic rings. The van der Waals surface area contributed by atoms with E-state index in [1.165, 1.54) is 23.9 Å². The fraction of sp³-hybridized carbons (Fsp3) is 0.250. The predicted molar refractivity (Wildman–Crippen MR) is 103 cm³/mol. The van der Waals surface area contributed by atoms with E-state index in [-0.39, 0.29) is 11.7 Å². The van der Waals surface area contributed by atoms with Crippen molar-refractivity contribution < 1.29 is 9.18 Å². The summed E-state index contributed by atoms with van der Waals surface area (Å²) < 4.78 is 15.3. The molecule has 138 valence electrons. The highest BCUT2D eigenvalue weighted by molar-refractivity contribution is 7.99. The Hall–Kier alpha value is -2.67. The monoisotopic (exact) mass is 382 g/mol. The molecule has 0 spiro atoms. The smallest absolute Gasteiger partial charge is 0.230 e. The molecule has 0 bridgehead atoms. The van der Waals surface area contributed by atoms with Gasteiger partial charge >= 0.3 is 0 Å². The third kappa shape index (κ3) is 4.54. The first kappa shape index (κ1) is 17.7. The summed E-state index contributed by atoms with van der Waals surface area (Å²) in [5.41, 5.74) is 1.89. The van der Waals surface area contributed by atoms with Crippen LogP contribution >= 0.6 is 11.8 Å². The Morgan fingerprint density at radius 1 is 1.11 bits per heavy atom. The minimum Gasteiger partial charge on any atom is -0.353 e. The van der Waals surface area contributed by atoms with Gasteiger partial charge in [0.05, 0.1) is 12.3 Å². The number of rotatable bonds is 7. The molecule has 1 saturated carbocycles. The molecule has 0 saturated heterocycles. The number of benzene rings is 2. The molecular weight excluding hydrogens is 363 g/mol. The van der Waals surface area contributed by atoms with E-state index >= 15 is 0 Å². The van der Waals surface area contributed by atoms with Crippen LogP contribution in [0.5, 0.6) is 0 Å². The predicted octanol–water partition coefficient (Wildman–Crippen LogP) is 3.50. The Labute approximate surface area is 161 Å². The normalized spacial score (nSPS) is 13.5. The van der Waals surface area contributed by atoms with Gasteiger partial charge in [-0.05, 0) is 42.7 Å². The first-order valence-electron chi connectivity index (χ1n) is 8.84. The molecule has 1 amide bonds. The molecule has 0 atom stereocenters. The van der Waals surface area contributed by atoms with Gasteiger partial charge < -0.3 is 5.32 Å². The van der Waals surface area contributed by atoms with Crippen molar-refractivity contribution in [2.45, 2.75) is 30.6 Å². The molecule has 0 radical (unpaired) electrons. The number of halogens is 1. The molecule has 1 aliphatic carbocycles. The summed E-state index contributed by atoms with van der Waals surface area (Å²) in [7, 11) is 0. The fourth-order valence-corrected chi connectivity index (χ4v) is 3.49. The topological polar surface area (TPSA) is 59.8 Å². The molecule has 27 heavy (non-hydrogen) atoms. The highest BCUT2D eigenvalue weighted by Gasteiger charge is 2.23. The van der Waals surface area contributed by atoms with E-state index in [4.69, 9.17) is 0 Å². The van der Waals surface area contributed by atoms with Crippen LogP contribution in [-0.2, 0) is 11.3 Å². The van der Waals surface area contributed by atoms with E-state index in [9.17, 15) is 9.18 Å². The van der Waals surface area contributed by atoms with Gasteiger partial charge in [-0.25, -0.2) is 4.39 Å². The van der Waals surface area contributed by atoms with Gasteiger partial charge in [-0.2, -0.15) is 0 Å². The molecule has 1 N–H and O–H groups in total. The molecular formula is C20H19FN4OS. The standard InChI is InChI=1S/C20H19FN4OS/c21-16-8-6-15(7-9-16)19-23-24-20(27-13-18(26)22-17-10-11-17)25(19)12-14-4-2-1-3-5-14/h1-9,17H,10-13H2,(H,22,26). The van der Waals surface area contributed by atoms with Crippen LogP contribution in [-0.4, -0.2) is 32.5 Å². The van der Waals surface area contributed by atoms with Crippen molar-refractivity contribution in [2.75, 3.05) is 5.75 Å². The quantitative estimate of drug-likeness (QED) is 0.636. The number of amides is 1. The van der Waals surface area contributed by atoms with Crippen molar-refractivity contribution in [3.8, 4) is 11.4 Å². The minimum absolute atomic E-state index is 0.0140. The highest BCUT2D eigenvalue weighted by Crippen LogP contribution is 2.26. The van der Waals surface area contributed by atoms with E-state index in [0.29, 0.717) is 29.3 Å². The van der Waals surface area contributed by atoms with Crippen LogP contribution < -0.4 is 5.32 Å². The molecule has 1 heterocycles. The Kier molecular flexibility index (Phi) is 5.20. The van der Waals surface area contributed by atoms with Gasteiger partial charge in [-0.3, -0.25) is 9.36 Å². The van der Waals surface area contributed by atoms with Gasteiger partial charge in [0, 0.05) is 11.6 Å². The number of nitrogens with zero attached hydrogens (tertiary/aromatic N) is 3. The molecule has 1 fully saturated rings. The second-order valence-electron chi connectivity index (χ2n) is 6.52. The molecule has 2 aromatic carbocycles. The van der Waals surface area contributed by atoms with Crippen LogP contribution in [0.25, 0.3) is 11.4 Å². The number of aromatic nitrogens is 3. The maximum Gasteiger partial charge on any atom is 0.230 e. The molecule has 0 aliphatic heterocycles. The lowest BCUT2D eigenvalue weighted by atomic mass is 10.2. The largest absolute Gasteiger partial charge is 0.353 e. The van der Waals surface area contributed by atoms with E-state index in [0.717, 1.165) is 24.0 Å². The second kappa shape index (κ2) is 7.92. The first-order valence-corrected chi connectivity index (χ1v) is 9.83. The maximum absolute atomic E-state index is 13.3. The van der Waals surface area contributed by atoms with Gasteiger partial charge in [-0.1, -0.05) is 42.1 Å². The summed E-state index contributed by atoms with van der Waals surface area (Å²) in [5.74, 6) is 0.676. The molecule has 3 aromatic rings. The third-order valence-electron chi connectivity index (χ3n) is 4.28. The summed E-state index contributed by atoms with van der Waals surface area (Å²) >= 11 is 1.37. The van der Waals surface area contributed by atoms with E-state index in [2.05, 4.69) is 15.5 Å². The van der Waals surface area contributed by atoms with E-state index in [1.807, 2.05) is 34.9 Å². The third-order valence-corrected chi connectivity index (χ3v) is 5.24. The number of thioether (sulfide) groups is 1. The summed E-state index contributed by atoms with van der Waals surface area (Å²) in [6.07, 6.45) is 2.13. The SMILES string of the molecule is O=C(CSc1nnc(-c2ccc(F)cc2)n1Cc1ccccc1)NC1CC1. The van der Waals surface area contributed by atoms with Crippen molar-refractivity contribution in [2.24, 2.45) is 0 Å². The zero-order valence-electron chi connectivity index (χ0n) is 14.6. The number of carbonyl (C=O) groups excluding carboxylic acids is 1. The van der Waals surface area contributed by atoms with Crippen LogP contribution in [0.1, 0.15) is 18.4 Å². The molecule has 0 unspecified atom stereocenters. The van der Waals surface area contributed by atoms with Crippen LogP contribution in [0.4, 0.5) is 4.39 Å². The van der Waals surface area contributed by atoms with Crippen LogP contribution in [0, 0.1) is 5.82 Å². The van der Waals surface area contributed by atoms with Crippen molar-refractivity contribution in [3.05, 3.63) is 66.0 Å². The van der Waals surface area contributed by atoms with Crippen LogP contribution in [0.15, 0.2) is 59.8 Å². The van der Waals surface area contributed by atoms with Crippen molar-refractivity contribution in [1.82, 2.24) is 20.1 Å². The van der Waals surface area contributed by atoms with Gasteiger partial charge in [0.25, 0.3) is 0 Å². The minimum atomic E-state index is -0.292. The van der Waals surface area contributed by atoms with Crippen molar-refractivity contribution in [1.29, 1.82) is 0 Å². The fourth-order valence-electron chi connectivity index (χ4n) is 2.74. The summed E-state index contributed by atoms with van der Waals surface area (Å²) in [6.45, 7) is 0.577. The lowest BCUT2D eigenvalue weighted by molar-refractivity contribution is -0.118. The first-order chi connectivity index (χ1) is 13.2. The number of hydrogen-bond donors (Lipinski definition) is 1. The summed E-state index contributed by atoms with van der Waals surface area (Å²) in [5, 5.41) is 12.2. The molecule has 1 aromatic heterocycles. The van der Waals surface area contributed by atoms with Crippen molar-refractivity contribution in [3.63, 3.8) is 0 Å². The Balaban J connectivity index is 1.59. The summed E-state index contributed by atoms with van der Waals surface area (Å²) in [6, 6.07) is 16.5. The van der Waals surface area contributed by atoms with Gasteiger partial charge in [0.1, 0.15) is 5.82 Å². The lowest BCUT2D eigenvalue weighted by Gasteiger charge is -2.10. The van der Waals surface area contributed by atoms with Gasteiger partial charge in [0.2, 0.25) is 5.91 Å². The number of nitrogens with one attached hydrogen (secondary N) is 1. The number of hydrogen-bond acceptors (Lipinski definition) is 4. The molecule has 5 nitrogen and oxygen atoms in total. The zero-order valence-corrected chi connectivity index (χ0v) is 15.5. The van der Waals surface area contributed by atoms with Gasteiger partial charge in [-0.15, -0.1) is 10.2 Å². The Morgan fingerprint density at radius 3 is 2.56 bits per heavy atom. The second-order valence-corrected chi connectivity index (χ2v) is 7.46. The lowest BCUT2D eigenvalue weighted by Crippen LogP contribution is -2.27. The zero-order chi connectivity index (χ0) is 18.6. The summed E-state index contributed by atoms with van der Waals surface area (Å²) in [4.78, 5) is 12.0. The van der Waals surface area contributed by atoms with Crippen molar-refractivity contribution >= 4 is 17.7 Å².